The molecular weight excluding hydrogens is 268 g/mol. The first-order chi connectivity index (χ1) is 10.1. The van der Waals surface area contributed by atoms with Crippen molar-refractivity contribution in [2.45, 2.75) is 25.9 Å². The zero-order valence-corrected chi connectivity index (χ0v) is 12.1. The summed E-state index contributed by atoms with van der Waals surface area (Å²) in [4.78, 5) is 26.7. The number of aromatic nitrogens is 2. The SMILES string of the molecule is C[C@@H]1CN(C(=O)c2n[nH]c3ccccc3c2=O)C[C@H](C)N1. The van der Waals surface area contributed by atoms with Crippen molar-refractivity contribution in [2.24, 2.45) is 0 Å². The Bertz CT molecular complexity index is 730. The molecule has 0 aliphatic carbocycles. The number of carbonyl (C=O) groups is 1. The van der Waals surface area contributed by atoms with Crippen molar-refractivity contribution in [3.05, 3.63) is 40.2 Å². The summed E-state index contributed by atoms with van der Waals surface area (Å²) in [7, 11) is 0. The molecule has 0 radical (unpaired) electrons. The maximum absolute atomic E-state index is 12.6. The Morgan fingerprint density at radius 1 is 1.24 bits per heavy atom. The van der Waals surface area contributed by atoms with Crippen LogP contribution in [0.15, 0.2) is 29.1 Å². The summed E-state index contributed by atoms with van der Waals surface area (Å²) in [5, 5.41) is 10.6. The Kier molecular flexibility index (Phi) is 3.47. The number of amides is 1. The fraction of sp³-hybridized carbons (Fsp3) is 0.400. The van der Waals surface area contributed by atoms with Crippen LogP contribution in [0, 0.1) is 0 Å². The van der Waals surface area contributed by atoms with Crippen molar-refractivity contribution < 1.29 is 4.79 Å². The van der Waals surface area contributed by atoms with Gasteiger partial charge in [0.2, 0.25) is 5.43 Å². The lowest BCUT2D eigenvalue weighted by Crippen LogP contribution is -2.56. The lowest BCUT2D eigenvalue weighted by Gasteiger charge is -2.35. The molecule has 1 fully saturated rings. The highest BCUT2D eigenvalue weighted by molar-refractivity contribution is 5.95. The summed E-state index contributed by atoms with van der Waals surface area (Å²) in [6, 6.07) is 7.49. The molecule has 110 valence electrons. The number of hydrogen-bond donors (Lipinski definition) is 2. The molecule has 0 unspecified atom stereocenters. The second-order valence-electron chi connectivity index (χ2n) is 5.63. The monoisotopic (exact) mass is 286 g/mol. The fourth-order valence-electron chi connectivity index (χ4n) is 2.86. The summed E-state index contributed by atoms with van der Waals surface area (Å²) < 4.78 is 0. The highest BCUT2D eigenvalue weighted by Crippen LogP contribution is 2.09. The second kappa shape index (κ2) is 5.29. The molecule has 1 saturated heterocycles. The van der Waals surface area contributed by atoms with Crippen LogP contribution in [-0.2, 0) is 0 Å². The molecule has 0 saturated carbocycles. The van der Waals surface area contributed by atoms with E-state index in [1.54, 1.807) is 23.1 Å². The standard InChI is InChI=1S/C15H18N4O2/c1-9-7-19(8-10(2)16-9)15(21)13-14(20)11-5-3-4-6-12(11)17-18-13/h3-6,9-10,16H,7-8H2,1-2H3,(H,17,20)/t9-,10+. The van der Waals surface area contributed by atoms with Gasteiger partial charge in [-0.3, -0.25) is 14.7 Å². The van der Waals surface area contributed by atoms with Gasteiger partial charge >= 0.3 is 0 Å². The third-order valence-electron chi connectivity index (χ3n) is 3.72. The Labute approximate surface area is 122 Å². The molecule has 0 spiro atoms. The molecule has 1 aromatic carbocycles. The molecule has 21 heavy (non-hydrogen) atoms. The summed E-state index contributed by atoms with van der Waals surface area (Å²) in [5.74, 6) is -0.304. The molecule has 2 aromatic rings. The zero-order valence-electron chi connectivity index (χ0n) is 12.1. The Hall–Kier alpha value is -2.21. The van der Waals surface area contributed by atoms with E-state index in [1.807, 2.05) is 19.9 Å². The van der Waals surface area contributed by atoms with E-state index in [4.69, 9.17) is 0 Å². The van der Waals surface area contributed by atoms with Crippen LogP contribution in [-0.4, -0.2) is 46.2 Å². The number of piperazine rings is 1. The maximum Gasteiger partial charge on any atom is 0.278 e. The number of aromatic amines is 1. The normalized spacial score (nSPS) is 22.5. The van der Waals surface area contributed by atoms with E-state index < -0.39 is 0 Å². The summed E-state index contributed by atoms with van der Waals surface area (Å²) in [6.07, 6.45) is 0. The number of rotatable bonds is 1. The summed E-state index contributed by atoms with van der Waals surface area (Å²) in [5.41, 5.74) is 0.296. The van der Waals surface area contributed by atoms with Crippen LogP contribution >= 0.6 is 0 Å². The number of para-hydroxylation sites is 1. The number of nitrogens with one attached hydrogen (secondary N) is 2. The van der Waals surface area contributed by atoms with Crippen LogP contribution in [0.3, 0.4) is 0 Å². The number of H-pyrrole nitrogens is 1. The van der Waals surface area contributed by atoms with Gasteiger partial charge in [0.05, 0.1) is 5.52 Å². The molecule has 1 amide bonds. The minimum Gasteiger partial charge on any atom is -0.334 e. The van der Waals surface area contributed by atoms with Gasteiger partial charge < -0.3 is 10.2 Å². The molecule has 2 atom stereocenters. The van der Waals surface area contributed by atoms with Gasteiger partial charge in [-0.05, 0) is 26.0 Å². The van der Waals surface area contributed by atoms with Crippen LogP contribution in [0.1, 0.15) is 24.3 Å². The third-order valence-corrected chi connectivity index (χ3v) is 3.72. The van der Waals surface area contributed by atoms with E-state index >= 15 is 0 Å². The largest absolute Gasteiger partial charge is 0.334 e. The van der Waals surface area contributed by atoms with Gasteiger partial charge in [-0.25, -0.2) is 0 Å². The molecule has 6 nitrogen and oxygen atoms in total. The number of fused-ring (bicyclic) bond motifs is 1. The average molecular weight is 286 g/mol. The van der Waals surface area contributed by atoms with Crippen LogP contribution < -0.4 is 10.7 Å². The van der Waals surface area contributed by atoms with Gasteiger partial charge in [0.15, 0.2) is 5.69 Å². The van der Waals surface area contributed by atoms with E-state index in [0.29, 0.717) is 24.0 Å². The van der Waals surface area contributed by atoms with E-state index in [9.17, 15) is 9.59 Å². The first kappa shape index (κ1) is 13.8. The molecule has 2 heterocycles. The Morgan fingerprint density at radius 3 is 2.62 bits per heavy atom. The minimum absolute atomic E-state index is 0.0324. The van der Waals surface area contributed by atoms with E-state index in [2.05, 4.69) is 15.5 Å². The predicted molar refractivity (Wildman–Crippen MR) is 80.3 cm³/mol. The zero-order chi connectivity index (χ0) is 15.0. The van der Waals surface area contributed by atoms with Gasteiger partial charge in [-0.1, -0.05) is 12.1 Å². The molecule has 1 aromatic heterocycles. The molecule has 3 rings (SSSR count). The molecule has 1 aliphatic heterocycles. The lowest BCUT2D eigenvalue weighted by molar-refractivity contribution is 0.0665. The quantitative estimate of drug-likeness (QED) is 0.811. The molecule has 1 aliphatic rings. The van der Waals surface area contributed by atoms with Crippen LogP contribution in [0.25, 0.3) is 10.9 Å². The molecular formula is C15H18N4O2. The van der Waals surface area contributed by atoms with Crippen LogP contribution in [0.5, 0.6) is 0 Å². The van der Waals surface area contributed by atoms with Gasteiger partial charge in [0.1, 0.15) is 0 Å². The van der Waals surface area contributed by atoms with Gasteiger partial charge in [-0.2, -0.15) is 5.10 Å². The van der Waals surface area contributed by atoms with Crippen LogP contribution in [0.2, 0.25) is 0 Å². The van der Waals surface area contributed by atoms with Crippen LogP contribution in [0.4, 0.5) is 0 Å². The van der Waals surface area contributed by atoms with Crippen molar-refractivity contribution in [1.82, 2.24) is 20.4 Å². The number of nitrogens with zero attached hydrogens (tertiary/aromatic N) is 2. The van der Waals surface area contributed by atoms with Crippen molar-refractivity contribution in [2.75, 3.05) is 13.1 Å². The minimum atomic E-state index is -0.312. The summed E-state index contributed by atoms with van der Waals surface area (Å²) >= 11 is 0. The van der Waals surface area contributed by atoms with E-state index in [-0.39, 0.29) is 29.1 Å². The Balaban J connectivity index is 1.98. The number of hydrogen-bond acceptors (Lipinski definition) is 4. The molecule has 6 heteroatoms. The van der Waals surface area contributed by atoms with Crippen molar-refractivity contribution in [3.63, 3.8) is 0 Å². The topological polar surface area (TPSA) is 78.1 Å². The van der Waals surface area contributed by atoms with Gasteiger partial charge in [0.25, 0.3) is 5.91 Å². The van der Waals surface area contributed by atoms with E-state index in [1.165, 1.54) is 0 Å². The average Bonchev–Trinajstić information content (AvgIpc) is 2.46. The summed E-state index contributed by atoms with van der Waals surface area (Å²) in [6.45, 7) is 5.20. The predicted octanol–water partition coefficient (Wildman–Crippen LogP) is 0.745. The third kappa shape index (κ3) is 2.54. The van der Waals surface area contributed by atoms with Crippen molar-refractivity contribution in [1.29, 1.82) is 0 Å². The molecule has 2 N–H and O–H groups in total. The first-order valence-corrected chi connectivity index (χ1v) is 7.09. The fourth-order valence-corrected chi connectivity index (χ4v) is 2.86. The van der Waals surface area contributed by atoms with Gasteiger partial charge in [0, 0.05) is 30.6 Å². The van der Waals surface area contributed by atoms with Gasteiger partial charge in [-0.15, -0.1) is 0 Å². The lowest BCUT2D eigenvalue weighted by atomic mass is 10.1. The highest BCUT2D eigenvalue weighted by Gasteiger charge is 2.28. The Morgan fingerprint density at radius 2 is 1.90 bits per heavy atom. The highest BCUT2D eigenvalue weighted by atomic mass is 16.2. The van der Waals surface area contributed by atoms with E-state index in [0.717, 1.165) is 0 Å². The maximum atomic E-state index is 12.6. The number of carbonyl (C=O) groups excluding carboxylic acids is 1. The first-order valence-electron chi connectivity index (χ1n) is 7.09. The number of benzene rings is 1. The second-order valence-corrected chi connectivity index (χ2v) is 5.63. The van der Waals surface area contributed by atoms with Crippen molar-refractivity contribution in [3.8, 4) is 0 Å². The smallest absolute Gasteiger partial charge is 0.278 e. The molecule has 0 bridgehead atoms. The van der Waals surface area contributed by atoms with Crippen molar-refractivity contribution >= 4 is 16.8 Å².